The van der Waals surface area contributed by atoms with E-state index in [1.807, 2.05) is 0 Å². The number of anilines is 1. The maximum atomic E-state index is 11.2. The van der Waals surface area contributed by atoms with Crippen LogP contribution in [0, 0.1) is 0 Å². The topological polar surface area (TPSA) is 68.3 Å². The predicted octanol–water partition coefficient (Wildman–Crippen LogP) is 1.42. The fourth-order valence-electron chi connectivity index (χ4n) is 0.915. The molecule has 0 amide bonds. The molecule has 15 heavy (non-hydrogen) atoms. The summed E-state index contributed by atoms with van der Waals surface area (Å²) >= 11 is 5.26. The molecule has 0 aliphatic carbocycles. The minimum Gasteiger partial charge on any atom is -0.476 e. The minimum atomic E-state index is -3.52. The van der Waals surface area contributed by atoms with E-state index in [-0.39, 0.29) is 5.88 Å². The van der Waals surface area contributed by atoms with Gasteiger partial charge in [0, 0.05) is 6.20 Å². The second-order valence-corrected chi connectivity index (χ2v) is 4.92. The van der Waals surface area contributed by atoms with Gasteiger partial charge in [-0.25, -0.2) is 13.4 Å². The van der Waals surface area contributed by atoms with Crippen LogP contribution in [0.2, 0.25) is 0 Å². The normalized spacial score (nSPS) is 11.1. The number of ether oxygens (including phenoxy) is 1. The van der Waals surface area contributed by atoms with Gasteiger partial charge in [-0.2, -0.15) is 0 Å². The number of alkyl halides is 1. The van der Waals surface area contributed by atoms with Gasteiger partial charge in [0.25, 0.3) is 0 Å². The van der Waals surface area contributed by atoms with Crippen LogP contribution in [0.5, 0.6) is 5.88 Å². The first-order valence-electron chi connectivity index (χ1n) is 4.23. The molecule has 1 aromatic rings. The number of nitrogens with zero attached hydrogens (tertiary/aromatic N) is 1. The Balaban J connectivity index is 2.94. The number of nitrogens with one attached hydrogen (secondary N) is 1. The fraction of sp³-hybridized carbons (Fsp3) is 0.375. The summed E-state index contributed by atoms with van der Waals surface area (Å²) in [6.07, 6.45) is 1.52. The second-order valence-electron chi connectivity index (χ2n) is 2.62. The molecule has 1 rings (SSSR count). The Morgan fingerprint density at radius 2 is 2.33 bits per heavy atom. The molecule has 0 saturated heterocycles. The molecule has 0 aromatic carbocycles. The Bertz CT molecular complexity index is 422. The lowest BCUT2D eigenvalue weighted by atomic mass is 10.4. The largest absolute Gasteiger partial charge is 0.476 e. The maximum absolute atomic E-state index is 11.2. The van der Waals surface area contributed by atoms with Crippen molar-refractivity contribution < 1.29 is 13.2 Å². The first-order chi connectivity index (χ1) is 7.09. The zero-order chi connectivity index (χ0) is 11.3. The van der Waals surface area contributed by atoms with Gasteiger partial charge in [-0.05, 0) is 19.1 Å². The van der Waals surface area contributed by atoms with E-state index in [1.54, 1.807) is 19.1 Å². The smallest absolute Gasteiger partial charge is 0.246 e. The molecule has 0 saturated carbocycles. The van der Waals surface area contributed by atoms with Crippen LogP contribution < -0.4 is 9.46 Å². The maximum Gasteiger partial charge on any atom is 0.246 e. The molecule has 0 bridgehead atoms. The van der Waals surface area contributed by atoms with Crippen molar-refractivity contribution in [3.63, 3.8) is 0 Å². The number of hydrogen-bond acceptors (Lipinski definition) is 4. The monoisotopic (exact) mass is 250 g/mol. The molecule has 1 N–H and O–H groups in total. The molecular weight excluding hydrogens is 240 g/mol. The number of halogens is 1. The Morgan fingerprint density at radius 3 is 2.93 bits per heavy atom. The SMILES string of the molecule is CCOc1ncccc1NS(=O)(=O)CCl. The van der Waals surface area contributed by atoms with Crippen molar-refractivity contribution >= 4 is 27.3 Å². The summed E-state index contributed by atoms with van der Waals surface area (Å²) in [7, 11) is -3.52. The van der Waals surface area contributed by atoms with Crippen LogP contribution in [0.25, 0.3) is 0 Å². The molecule has 7 heteroatoms. The van der Waals surface area contributed by atoms with Gasteiger partial charge < -0.3 is 4.74 Å². The molecule has 0 unspecified atom stereocenters. The average Bonchev–Trinajstić information content (AvgIpc) is 2.21. The van der Waals surface area contributed by atoms with Crippen LogP contribution in [-0.4, -0.2) is 25.2 Å². The van der Waals surface area contributed by atoms with Gasteiger partial charge in [-0.1, -0.05) is 0 Å². The molecule has 0 aliphatic rings. The van der Waals surface area contributed by atoms with Crippen LogP contribution in [0.1, 0.15) is 6.92 Å². The van der Waals surface area contributed by atoms with Crippen LogP contribution in [0.3, 0.4) is 0 Å². The van der Waals surface area contributed by atoms with E-state index in [1.165, 1.54) is 6.20 Å². The highest BCUT2D eigenvalue weighted by Gasteiger charge is 2.12. The molecule has 0 radical (unpaired) electrons. The summed E-state index contributed by atoms with van der Waals surface area (Å²) in [5, 5.41) is -0.506. The summed E-state index contributed by atoms with van der Waals surface area (Å²) in [6.45, 7) is 2.20. The van der Waals surface area contributed by atoms with Gasteiger partial charge in [-0.15, -0.1) is 11.6 Å². The number of pyridine rings is 1. The fourth-order valence-corrected chi connectivity index (χ4v) is 1.62. The molecule has 1 heterocycles. The van der Waals surface area contributed by atoms with Gasteiger partial charge in [0.05, 0.1) is 6.61 Å². The van der Waals surface area contributed by atoms with Crippen molar-refractivity contribution in [2.24, 2.45) is 0 Å². The lowest BCUT2D eigenvalue weighted by Gasteiger charge is -2.09. The summed E-state index contributed by atoms with van der Waals surface area (Å²) in [5.41, 5.74) is 0.292. The highest BCUT2D eigenvalue weighted by molar-refractivity contribution is 7.93. The summed E-state index contributed by atoms with van der Waals surface area (Å²) in [6, 6.07) is 3.16. The van der Waals surface area contributed by atoms with Crippen molar-refractivity contribution in [3.05, 3.63) is 18.3 Å². The first kappa shape index (κ1) is 12.1. The van der Waals surface area contributed by atoms with E-state index in [0.717, 1.165) is 0 Å². The van der Waals surface area contributed by atoms with Crippen molar-refractivity contribution in [2.45, 2.75) is 6.92 Å². The summed E-state index contributed by atoms with van der Waals surface area (Å²) in [5.74, 6) is 0.244. The molecule has 0 spiro atoms. The highest BCUT2D eigenvalue weighted by atomic mass is 35.5. The second kappa shape index (κ2) is 5.18. The molecule has 0 atom stereocenters. The van der Waals surface area contributed by atoms with E-state index in [4.69, 9.17) is 16.3 Å². The Labute approximate surface area is 93.5 Å². The van der Waals surface area contributed by atoms with Gasteiger partial charge >= 0.3 is 0 Å². The molecule has 5 nitrogen and oxygen atoms in total. The quantitative estimate of drug-likeness (QED) is 0.803. The number of aromatic nitrogens is 1. The van der Waals surface area contributed by atoms with Gasteiger partial charge in [0.2, 0.25) is 15.9 Å². The number of sulfonamides is 1. The van der Waals surface area contributed by atoms with Gasteiger partial charge in [0.15, 0.2) is 0 Å². The zero-order valence-electron chi connectivity index (χ0n) is 8.10. The van der Waals surface area contributed by atoms with E-state index >= 15 is 0 Å². The van der Waals surface area contributed by atoms with Crippen molar-refractivity contribution in [1.29, 1.82) is 0 Å². The third-order valence-electron chi connectivity index (χ3n) is 1.46. The van der Waals surface area contributed by atoms with Gasteiger partial charge in [-0.3, -0.25) is 4.72 Å². The minimum absolute atomic E-state index is 0.244. The number of hydrogen-bond donors (Lipinski definition) is 1. The molecule has 0 fully saturated rings. The van der Waals surface area contributed by atoms with Crippen molar-refractivity contribution in [2.75, 3.05) is 16.5 Å². The third-order valence-corrected chi connectivity index (χ3v) is 3.14. The van der Waals surface area contributed by atoms with E-state index in [2.05, 4.69) is 9.71 Å². The molecular formula is C8H11ClN2O3S. The van der Waals surface area contributed by atoms with Crippen LogP contribution in [-0.2, 0) is 10.0 Å². The van der Waals surface area contributed by atoms with E-state index in [9.17, 15) is 8.42 Å². The first-order valence-corrected chi connectivity index (χ1v) is 6.42. The third kappa shape index (κ3) is 3.56. The Morgan fingerprint density at radius 1 is 1.60 bits per heavy atom. The zero-order valence-corrected chi connectivity index (χ0v) is 9.68. The summed E-state index contributed by atoms with van der Waals surface area (Å²) in [4.78, 5) is 3.89. The summed E-state index contributed by atoms with van der Waals surface area (Å²) < 4.78 is 29.8. The molecule has 84 valence electrons. The standard InChI is InChI=1S/C8H11ClN2O3S/c1-2-14-8-7(4-3-5-10-8)11-15(12,13)6-9/h3-5,11H,2,6H2,1H3. The number of rotatable bonds is 5. The van der Waals surface area contributed by atoms with Crippen molar-refractivity contribution in [1.82, 2.24) is 4.98 Å². The molecule has 1 aromatic heterocycles. The van der Waals surface area contributed by atoms with Crippen LogP contribution in [0.4, 0.5) is 5.69 Å². The van der Waals surface area contributed by atoms with Crippen LogP contribution in [0.15, 0.2) is 18.3 Å². The predicted molar refractivity (Wildman–Crippen MR) is 58.7 cm³/mol. The molecule has 0 aliphatic heterocycles. The Kier molecular flexibility index (Phi) is 4.16. The Hall–Kier alpha value is -1.01. The average molecular weight is 251 g/mol. The van der Waals surface area contributed by atoms with Crippen LogP contribution >= 0.6 is 11.6 Å². The van der Waals surface area contributed by atoms with Crippen molar-refractivity contribution in [3.8, 4) is 5.88 Å². The highest BCUT2D eigenvalue weighted by Crippen LogP contribution is 2.21. The lowest BCUT2D eigenvalue weighted by molar-refractivity contribution is 0.329. The van der Waals surface area contributed by atoms with E-state index < -0.39 is 15.2 Å². The lowest BCUT2D eigenvalue weighted by Crippen LogP contribution is -2.14. The van der Waals surface area contributed by atoms with E-state index in [0.29, 0.717) is 12.3 Å². The van der Waals surface area contributed by atoms with Gasteiger partial charge in [0.1, 0.15) is 10.9 Å².